The fourth-order valence-electron chi connectivity index (χ4n) is 1.64. The molecule has 0 spiro atoms. The molecule has 11 heteroatoms. The Bertz CT molecular complexity index is 845. The number of alkyl halides is 3. The van der Waals surface area contributed by atoms with Gasteiger partial charge in [-0.3, -0.25) is 4.72 Å². The first-order chi connectivity index (χ1) is 11.1. The molecule has 0 aliphatic rings. The topological polar surface area (TPSA) is 68.3 Å². The van der Waals surface area contributed by atoms with Gasteiger partial charge < -0.3 is 4.74 Å². The van der Waals surface area contributed by atoms with Crippen molar-refractivity contribution in [1.29, 1.82) is 0 Å². The predicted molar refractivity (Wildman–Crippen MR) is 83.1 cm³/mol. The molecule has 0 aliphatic carbocycles. The third-order valence-corrected chi connectivity index (χ3v) is 4.60. The molecule has 1 N–H and O–H groups in total. The van der Waals surface area contributed by atoms with Gasteiger partial charge in [-0.25, -0.2) is 13.4 Å². The minimum Gasteiger partial charge on any atom is -0.482 e. The monoisotopic (exact) mass is 400 g/mol. The van der Waals surface area contributed by atoms with Crippen molar-refractivity contribution in [2.45, 2.75) is 11.1 Å². The zero-order valence-corrected chi connectivity index (χ0v) is 14.0. The summed E-state index contributed by atoms with van der Waals surface area (Å²) in [6.07, 6.45) is -4.56. The van der Waals surface area contributed by atoms with Crippen LogP contribution in [0.15, 0.2) is 41.3 Å². The quantitative estimate of drug-likeness (QED) is 0.766. The Labute approximate surface area is 145 Å². The lowest BCUT2D eigenvalue weighted by Gasteiger charge is -2.15. The van der Waals surface area contributed by atoms with Crippen LogP contribution < -0.4 is 9.46 Å². The molecule has 0 amide bonds. The number of sulfonamides is 1. The summed E-state index contributed by atoms with van der Waals surface area (Å²) in [5, 5.41) is -0.378. The molecule has 0 saturated heterocycles. The maximum Gasteiger partial charge on any atom is 0.422 e. The molecule has 0 bridgehead atoms. The van der Waals surface area contributed by atoms with Crippen LogP contribution in [0.5, 0.6) is 5.75 Å². The Hall–Kier alpha value is -1.71. The molecule has 2 aromatic rings. The first-order valence-electron chi connectivity index (χ1n) is 6.22. The van der Waals surface area contributed by atoms with E-state index in [0.717, 1.165) is 6.07 Å². The summed E-state index contributed by atoms with van der Waals surface area (Å²) in [7, 11) is -4.20. The van der Waals surface area contributed by atoms with Crippen molar-refractivity contribution < 1.29 is 26.3 Å². The SMILES string of the molecule is O=S(=O)(Nc1ccccc1OCC(F)(F)F)c1ccc(Cl)nc1Cl. The summed E-state index contributed by atoms with van der Waals surface area (Å²) < 4.78 is 68.2. The molecule has 24 heavy (non-hydrogen) atoms. The van der Waals surface area contributed by atoms with Gasteiger partial charge in [0, 0.05) is 0 Å². The molecule has 0 radical (unpaired) electrons. The van der Waals surface area contributed by atoms with E-state index in [-0.39, 0.29) is 26.6 Å². The molecule has 0 aliphatic heterocycles. The van der Waals surface area contributed by atoms with Crippen LogP contribution in [0.2, 0.25) is 10.3 Å². The lowest BCUT2D eigenvalue weighted by Crippen LogP contribution is -2.20. The Morgan fingerprint density at radius 3 is 2.42 bits per heavy atom. The number of pyridine rings is 1. The van der Waals surface area contributed by atoms with Gasteiger partial charge in [0.25, 0.3) is 10.0 Å². The number of halogens is 5. The number of hydrogen-bond acceptors (Lipinski definition) is 4. The van der Waals surface area contributed by atoms with Crippen molar-refractivity contribution in [2.75, 3.05) is 11.3 Å². The number of ether oxygens (including phenoxy) is 1. The molecule has 1 heterocycles. The number of rotatable bonds is 5. The lowest BCUT2D eigenvalue weighted by atomic mass is 10.3. The molecular formula is C13H9Cl2F3N2O3S. The number of nitrogens with zero attached hydrogens (tertiary/aromatic N) is 1. The second kappa shape index (κ2) is 7.04. The molecule has 5 nitrogen and oxygen atoms in total. The standard InChI is InChI=1S/C13H9Cl2F3N2O3S/c14-11-6-5-10(12(15)19-11)24(21,22)20-8-3-1-2-4-9(8)23-7-13(16,17)18/h1-6,20H,7H2. The predicted octanol–water partition coefficient (Wildman–Crippen LogP) is 4.13. The molecule has 1 aromatic carbocycles. The van der Waals surface area contributed by atoms with Crippen LogP contribution in [0.4, 0.5) is 18.9 Å². The van der Waals surface area contributed by atoms with E-state index in [4.69, 9.17) is 23.2 Å². The van der Waals surface area contributed by atoms with Gasteiger partial charge in [-0.1, -0.05) is 35.3 Å². The van der Waals surface area contributed by atoms with Gasteiger partial charge in [0.1, 0.15) is 15.8 Å². The summed E-state index contributed by atoms with van der Waals surface area (Å²) in [6.45, 7) is -1.56. The van der Waals surface area contributed by atoms with Crippen LogP contribution in [0.25, 0.3) is 0 Å². The number of anilines is 1. The number of nitrogens with one attached hydrogen (secondary N) is 1. The van der Waals surface area contributed by atoms with Gasteiger partial charge >= 0.3 is 6.18 Å². The van der Waals surface area contributed by atoms with E-state index in [1.165, 1.54) is 30.3 Å². The average Bonchev–Trinajstić information content (AvgIpc) is 2.44. The molecule has 2 rings (SSSR count). The van der Waals surface area contributed by atoms with Crippen LogP contribution in [0, 0.1) is 0 Å². The van der Waals surface area contributed by atoms with Gasteiger partial charge in [0.2, 0.25) is 0 Å². The lowest BCUT2D eigenvalue weighted by molar-refractivity contribution is -0.153. The van der Waals surface area contributed by atoms with Crippen LogP contribution in [-0.2, 0) is 10.0 Å². The van der Waals surface area contributed by atoms with Crippen molar-refractivity contribution in [3.05, 3.63) is 46.7 Å². The van der Waals surface area contributed by atoms with Crippen molar-refractivity contribution >= 4 is 38.9 Å². The number of benzene rings is 1. The highest BCUT2D eigenvalue weighted by molar-refractivity contribution is 7.92. The normalized spacial score (nSPS) is 12.0. The maximum absolute atomic E-state index is 12.3. The van der Waals surface area contributed by atoms with Crippen molar-refractivity contribution in [1.82, 2.24) is 4.98 Å². The number of hydrogen-bond donors (Lipinski definition) is 1. The Morgan fingerprint density at radius 2 is 1.79 bits per heavy atom. The largest absolute Gasteiger partial charge is 0.482 e. The van der Waals surface area contributed by atoms with Crippen LogP contribution in [0.3, 0.4) is 0 Å². The van der Waals surface area contributed by atoms with E-state index >= 15 is 0 Å². The fraction of sp³-hybridized carbons (Fsp3) is 0.154. The van der Waals surface area contributed by atoms with Crippen LogP contribution in [-0.4, -0.2) is 26.2 Å². The highest BCUT2D eigenvalue weighted by Crippen LogP contribution is 2.30. The zero-order valence-electron chi connectivity index (χ0n) is 11.6. The summed E-state index contributed by atoms with van der Waals surface area (Å²) in [4.78, 5) is 3.23. The fourth-order valence-corrected chi connectivity index (χ4v) is 3.37. The average molecular weight is 401 g/mol. The highest BCUT2D eigenvalue weighted by atomic mass is 35.5. The first-order valence-corrected chi connectivity index (χ1v) is 8.46. The van der Waals surface area contributed by atoms with Gasteiger partial charge in [-0.2, -0.15) is 13.2 Å². The smallest absolute Gasteiger partial charge is 0.422 e. The number of para-hydroxylation sites is 2. The summed E-state index contributed by atoms with van der Waals surface area (Å²) >= 11 is 11.3. The van der Waals surface area contributed by atoms with Gasteiger partial charge in [-0.15, -0.1) is 0 Å². The molecule has 130 valence electrons. The second-order valence-electron chi connectivity index (χ2n) is 4.43. The van der Waals surface area contributed by atoms with Crippen LogP contribution in [0.1, 0.15) is 0 Å². The molecule has 0 unspecified atom stereocenters. The summed E-state index contributed by atoms with van der Waals surface area (Å²) in [5.74, 6) is -0.281. The van der Waals surface area contributed by atoms with Gasteiger partial charge in [0.15, 0.2) is 11.8 Å². The summed E-state index contributed by atoms with van der Waals surface area (Å²) in [6, 6.07) is 7.62. The van der Waals surface area contributed by atoms with E-state index in [9.17, 15) is 21.6 Å². The Kier molecular flexibility index (Phi) is 5.46. The molecule has 0 fully saturated rings. The minimum absolute atomic E-state index is 0.00661. The van der Waals surface area contributed by atoms with E-state index in [1.54, 1.807) is 0 Å². The third-order valence-electron chi connectivity index (χ3n) is 2.59. The molecule has 0 atom stereocenters. The Morgan fingerprint density at radius 1 is 1.12 bits per heavy atom. The van der Waals surface area contributed by atoms with Crippen molar-refractivity contribution in [3.63, 3.8) is 0 Å². The van der Waals surface area contributed by atoms with Crippen LogP contribution >= 0.6 is 23.2 Å². The number of aromatic nitrogens is 1. The van der Waals surface area contributed by atoms with E-state index < -0.39 is 22.8 Å². The van der Waals surface area contributed by atoms with E-state index in [1.807, 2.05) is 0 Å². The minimum atomic E-state index is -4.56. The van der Waals surface area contributed by atoms with Crippen molar-refractivity contribution in [3.8, 4) is 5.75 Å². The zero-order chi connectivity index (χ0) is 18.0. The van der Waals surface area contributed by atoms with E-state index in [2.05, 4.69) is 14.4 Å². The third kappa shape index (κ3) is 4.89. The van der Waals surface area contributed by atoms with Crippen molar-refractivity contribution in [2.24, 2.45) is 0 Å². The van der Waals surface area contributed by atoms with Gasteiger partial charge in [-0.05, 0) is 24.3 Å². The first kappa shape index (κ1) is 18.6. The van der Waals surface area contributed by atoms with E-state index in [0.29, 0.717) is 0 Å². The Balaban J connectivity index is 2.30. The van der Waals surface area contributed by atoms with Gasteiger partial charge in [0.05, 0.1) is 5.69 Å². The molecule has 1 aromatic heterocycles. The molecule has 0 saturated carbocycles. The maximum atomic E-state index is 12.3. The highest BCUT2D eigenvalue weighted by Gasteiger charge is 2.29. The summed E-state index contributed by atoms with van der Waals surface area (Å²) in [5.41, 5.74) is -0.173. The second-order valence-corrected chi connectivity index (χ2v) is 6.82. The molecular weight excluding hydrogens is 392 g/mol.